The number of anilines is 1. The van der Waals surface area contributed by atoms with E-state index in [1.807, 2.05) is 37.3 Å². The first kappa shape index (κ1) is 32.5. The van der Waals surface area contributed by atoms with E-state index in [9.17, 15) is 29.8 Å². The van der Waals surface area contributed by atoms with Crippen molar-refractivity contribution in [2.75, 3.05) is 11.9 Å². The van der Waals surface area contributed by atoms with Gasteiger partial charge in [0.25, 0.3) is 17.2 Å². The number of nitrogens with zero attached hydrogens (tertiary/aromatic N) is 4. The molecule has 2 heterocycles. The molecule has 1 atom stereocenters. The zero-order valence-corrected chi connectivity index (χ0v) is 26.9. The van der Waals surface area contributed by atoms with Gasteiger partial charge in [0.15, 0.2) is 4.80 Å². The molecule has 0 saturated heterocycles. The number of non-ortho nitro benzene ring substituents is 1. The average Bonchev–Trinajstić information content (AvgIpc) is 3.39. The number of ether oxygens (including phenoxy) is 2. The van der Waals surface area contributed by atoms with E-state index >= 15 is 0 Å². The van der Waals surface area contributed by atoms with Gasteiger partial charge in [0.2, 0.25) is 5.75 Å². The molecule has 14 heteroatoms. The van der Waals surface area contributed by atoms with Crippen LogP contribution in [0.4, 0.5) is 17.1 Å². The highest BCUT2D eigenvalue weighted by Crippen LogP contribution is 2.35. The summed E-state index contributed by atoms with van der Waals surface area (Å²) in [4.78, 5) is 54.0. The van der Waals surface area contributed by atoms with Gasteiger partial charge >= 0.3 is 5.69 Å². The maximum absolute atomic E-state index is 14.1. The summed E-state index contributed by atoms with van der Waals surface area (Å²) in [5.74, 6) is 0.360. The van der Waals surface area contributed by atoms with Gasteiger partial charge in [0, 0.05) is 11.8 Å². The van der Waals surface area contributed by atoms with Gasteiger partial charge in [0.1, 0.15) is 11.5 Å². The largest absolute Gasteiger partial charge is 0.494 e. The van der Waals surface area contributed by atoms with E-state index in [0.717, 1.165) is 12.1 Å². The van der Waals surface area contributed by atoms with Crippen LogP contribution in [0.5, 0.6) is 17.2 Å². The van der Waals surface area contributed by atoms with Gasteiger partial charge in [-0.3, -0.25) is 34.4 Å². The Balaban J connectivity index is 1.36. The van der Waals surface area contributed by atoms with E-state index in [1.165, 1.54) is 22.0 Å². The molecule has 0 spiro atoms. The molecule has 1 amide bonds. The maximum atomic E-state index is 14.1. The predicted molar refractivity (Wildman–Crippen MR) is 183 cm³/mol. The van der Waals surface area contributed by atoms with Crippen molar-refractivity contribution in [1.29, 1.82) is 0 Å². The predicted octanol–water partition coefficient (Wildman–Crippen LogP) is 5.88. The number of hydrogen-bond acceptors (Lipinski definition) is 10. The molecule has 0 bridgehead atoms. The number of para-hydroxylation sites is 1. The molecule has 6 rings (SSSR count). The molecule has 1 aliphatic heterocycles. The number of nitro groups is 2. The molecular formula is C35H27N5O8S. The van der Waals surface area contributed by atoms with Crippen molar-refractivity contribution in [3.8, 4) is 17.2 Å². The van der Waals surface area contributed by atoms with E-state index in [0.29, 0.717) is 49.8 Å². The fourth-order valence-electron chi connectivity index (χ4n) is 5.32. The van der Waals surface area contributed by atoms with E-state index in [-0.39, 0.29) is 23.0 Å². The Morgan fingerprint density at radius 3 is 2.31 bits per heavy atom. The molecule has 49 heavy (non-hydrogen) atoms. The number of carbonyl (C=O) groups excluding carboxylic acids is 1. The Morgan fingerprint density at radius 2 is 1.65 bits per heavy atom. The fraction of sp³-hybridized carbons (Fsp3) is 0.114. The van der Waals surface area contributed by atoms with Gasteiger partial charge in [-0.2, -0.15) is 0 Å². The quantitative estimate of drug-likeness (QED) is 0.141. The van der Waals surface area contributed by atoms with Crippen LogP contribution in [0, 0.1) is 20.2 Å². The first-order valence-electron chi connectivity index (χ1n) is 15.0. The fourth-order valence-corrected chi connectivity index (χ4v) is 6.37. The van der Waals surface area contributed by atoms with E-state index in [1.54, 1.807) is 61.5 Å². The number of benzene rings is 4. The van der Waals surface area contributed by atoms with Crippen LogP contribution in [0.3, 0.4) is 0 Å². The third-order valence-electron chi connectivity index (χ3n) is 7.56. The summed E-state index contributed by atoms with van der Waals surface area (Å²) in [5, 5.41) is 25.5. The first-order valence-corrected chi connectivity index (χ1v) is 15.8. The second-order valence-corrected chi connectivity index (χ2v) is 11.8. The molecular weight excluding hydrogens is 650 g/mol. The lowest BCUT2D eigenvalue weighted by atomic mass is 9.95. The van der Waals surface area contributed by atoms with Crippen molar-refractivity contribution in [2.24, 2.45) is 4.99 Å². The van der Waals surface area contributed by atoms with Gasteiger partial charge in [-0.15, -0.1) is 0 Å². The molecule has 0 unspecified atom stereocenters. The summed E-state index contributed by atoms with van der Waals surface area (Å²) < 4.78 is 13.2. The number of rotatable bonds is 10. The lowest BCUT2D eigenvalue weighted by Gasteiger charge is -2.25. The summed E-state index contributed by atoms with van der Waals surface area (Å²) in [5.41, 5.74) is 1.41. The summed E-state index contributed by atoms with van der Waals surface area (Å²) in [6, 6.07) is 25.1. The van der Waals surface area contributed by atoms with Gasteiger partial charge in [-0.25, -0.2) is 4.99 Å². The SMILES string of the molecule is CCOc1ccc([C@H]2C(C(=O)Nc3ccccc3)=C(C)N=c3s/c(=C\c4ccc(Oc5ccc([N+](=O)[O-])cc5[N+](=O)[O-])cc4)c(=O)n32)cc1. The number of carbonyl (C=O) groups is 1. The van der Waals surface area contributed by atoms with Gasteiger partial charge in [-0.05, 0) is 73.5 Å². The molecule has 5 aromatic rings. The zero-order chi connectivity index (χ0) is 34.7. The molecule has 4 aromatic carbocycles. The standard InChI is InChI=1S/C35H27N5O8S/c1-3-47-26-16-11-23(12-17-26)32-31(33(41)37-24-7-5-4-6-8-24)21(2)36-35-38(32)34(42)30(49-35)19-22-9-14-27(15-10-22)48-29-18-13-25(39(43)44)20-28(29)40(45)46/h4-20,32H,3H2,1-2H3,(H,37,41)/b30-19-/t32-/m0/s1. The lowest BCUT2D eigenvalue weighted by molar-refractivity contribution is -0.394. The molecule has 0 aliphatic carbocycles. The van der Waals surface area contributed by atoms with Crippen LogP contribution >= 0.6 is 11.3 Å². The number of nitrogens with one attached hydrogen (secondary N) is 1. The summed E-state index contributed by atoms with van der Waals surface area (Å²) in [6.07, 6.45) is 1.68. The highest BCUT2D eigenvalue weighted by Gasteiger charge is 2.32. The van der Waals surface area contributed by atoms with Crippen LogP contribution < -0.4 is 29.7 Å². The maximum Gasteiger partial charge on any atom is 0.318 e. The Kier molecular flexibility index (Phi) is 9.13. The van der Waals surface area contributed by atoms with Crippen LogP contribution in [0.25, 0.3) is 6.08 Å². The molecule has 13 nitrogen and oxygen atoms in total. The monoisotopic (exact) mass is 677 g/mol. The van der Waals surface area contributed by atoms with Crippen molar-refractivity contribution < 1.29 is 24.1 Å². The zero-order valence-electron chi connectivity index (χ0n) is 26.1. The molecule has 1 aromatic heterocycles. The molecule has 0 fully saturated rings. The number of amides is 1. The molecule has 1 N–H and O–H groups in total. The first-order chi connectivity index (χ1) is 23.6. The van der Waals surface area contributed by atoms with Crippen molar-refractivity contribution in [3.05, 3.63) is 159 Å². The molecule has 1 aliphatic rings. The minimum absolute atomic E-state index is 0.159. The number of hydrogen-bond donors (Lipinski definition) is 1. The molecule has 0 saturated carbocycles. The van der Waals surface area contributed by atoms with Gasteiger partial charge < -0.3 is 14.8 Å². The van der Waals surface area contributed by atoms with Gasteiger partial charge in [-0.1, -0.05) is 53.8 Å². The molecule has 0 radical (unpaired) electrons. The minimum atomic E-state index is -0.772. The average molecular weight is 678 g/mol. The second kappa shape index (κ2) is 13.8. The number of allylic oxidation sites excluding steroid dienone is 1. The van der Waals surface area contributed by atoms with Crippen molar-refractivity contribution in [1.82, 2.24) is 4.57 Å². The van der Waals surface area contributed by atoms with E-state index in [2.05, 4.69) is 10.3 Å². The second-order valence-electron chi connectivity index (χ2n) is 10.7. The Bertz CT molecular complexity index is 2300. The molecule has 246 valence electrons. The summed E-state index contributed by atoms with van der Waals surface area (Å²) in [7, 11) is 0. The lowest BCUT2D eigenvalue weighted by Crippen LogP contribution is -2.40. The highest BCUT2D eigenvalue weighted by molar-refractivity contribution is 7.07. The Labute approximate surface area is 282 Å². The minimum Gasteiger partial charge on any atom is -0.494 e. The third-order valence-corrected chi connectivity index (χ3v) is 8.54. The summed E-state index contributed by atoms with van der Waals surface area (Å²) >= 11 is 1.18. The highest BCUT2D eigenvalue weighted by atomic mass is 32.1. The van der Waals surface area contributed by atoms with Crippen LogP contribution in [-0.4, -0.2) is 26.9 Å². The third kappa shape index (κ3) is 6.84. The number of nitro benzene ring substituents is 2. The van der Waals surface area contributed by atoms with Crippen molar-refractivity contribution in [2.45, 2.75) is 19.9 Å². The summed E-state index contributed by atoms with van der Waals surface area (Å²) in [6.45, 7) is 4.12. The topological polar surface area (TPSA) is 168 Å². The normalized spacial score (nSPS) is 14.1. The van der Waals surface area contributed by atoms with Crippen molar-refractivity contribution >= 4 is 40.4 Å². The number of aromatic nitrogens is 1. The smallest absolute Gasteiger partial charge is 0.318 e. The Hall–Kier alpha value is -6.41. The van der Waals surface area contributed by atoms with Crippen LogP contribution in [0.2, 0.25) is 0 Å². The van der Waals surface area contributed by atoms with Crippen molar-refractivity contribution in [3.63, 3.8) is 0 Å². The Morgan fingerprint density at radius 1 is 0.959 bits per heavy atom. The number of thiazole rings is 1. The van der Waals surface area contributed by atoms with E-state index < -0.39 is 27.3 Å². The van der Waals surface area contributed by atoms with Crippen LogP contribution in [-0.2, 0) is 4.79 Å². The van der Waals surface area contributed by atoms with Gasteiger partial charge in [0.05, 0.1) is 44.4 Å². The van der Waals surface area contributed by atoms with Crippen LogP contribution in [0.1, 0.15) is 31.0 Å². The van der Waals surface area contributed by atoms with E-state index in [4.69, 9.17) is 9.47 Å². The number of fused-ring (bicyclic) bond motifs is 1. The van der Waals surface area contributed by atoms with Crippen LogP contribution in [0.15, 0.2) is 118 Å².